The molecule has 0 saturated heterocycles. The van der Waals surface area contributed by atoms with Crippen LogP contribution >= 0.6 is 0 Å². The van der Waals surface area contributed by atoms with Crippen LogP contribution in [0, 0.1) is 19.7 Å². The van der Waals surface area contributed by atoms with Gasteiger partial charge in [0.25, 0.3) is 5.91 Å². The van der Waals surface area contributed by atoms with Gasteiger partial charge in [-0.1, -0.05) is 29.8 Å². The average molecular weight is 349 g/mol. The second kappa shape index (κ2) is 7.44. The first-order valence-electron chi connectivity index (χ1n) is 8.40. The highest BCUT2D eigenvalue weighted by molar-refractivity contribution is 5.95. The summed E-state index contributed by atoms with van der Waals surface area (Å²) >= 11 is 0. The van der Waals surface area contributed by atoms with E-state index in [1.54, 1.807) is 19.2 Å². The standard InChI is InChI=1S/C21H20FN3O/c1-13-4-6-16(7-5-13)19-10-17(11-23-14(19)2)21(26)25-15(3)20-9-8-18(22)12-24-20/h4-12,15H,1-3H3,(H,25,26). The molecule has 26 heavy (non-hydrogen) atoms. The Kier molecular flexibility index (Phi) is 5.07. The van der Waals surface area contributed by atoms with Crippen LogP contribution in [0.1, 0.15) is 40.3 Å². The van der Waals surface area contributed by atoms with Gasteiger partial charge < -0.3 is 5.32 Å². The van der Waals surface area contributed by atoms with Crippen molar-refractivity contribution in [2.45, 2.75) is 26.8 Å². The molecule has 4 nitrogen and oxygen atoms in total. The van der Waals surface area contributed by atoms with E-state index in [0.717, 1.165) is 23.0 Å². The number of hydrogen-bond donors (Lipinski definition) is 1. The molecular weight excluding hydrogens is 329 g/mol. The van der Waals surface area contributed by atoms with Crippen molar-refractivity contribution in [1.29, 1.82) is 0 Å². The normalized spacial score (nSPS) is 11.8. The van der Waals surface area contributed by atoms with Gasteiger partial charge in [-0.2, -0.15) is 0 Å². The summed E-state index contributed by atoms with van der Waals surface area (Å²) < 4.78 is 13.0. The summed E-state index contributed by atoms with van der Waals surface area (Å²) in [5, 5.41) is 2.88. The maximum absolute atomic E-state index is 13.0. The summed E-state index contributed by atoms with van der Waals surface area (Å²) in [5.41, 5.74) is 5.04. The second-order valence-electron chi connectivity index (χ2n) is 6.32. The van der Waals surface area contributed by atoms with Crippen LogP contribution in [0.4, 0.5) is 4.39 Å². The Hall–Kier alpha value is -3.08. The number of amides is 1. The molecule has 0 aliphatic rings. The zero-order valence-corrected chi connectivity index (χ0v) is 15.0. The molecule has 5 heteroatoms. The number of halogens is 1. The largest absolute Gasteiger partial charge is 0.344 e. The highest BCUT2D eigenvalue weighted by Gasteiger charge is 2.15. The molecule has 1 unspecified atom stereocenters. The van der Waals surface area contributed by atoms with Crippen LogP contribution in [0.5, 0.6) is 0 Å². The summed E-state index contributed by atoms with van der Waals surface area (Å²) in [6, 6.07) is 12.5. The summed E-state index contributed by atoms with van der Waals surface area (Å²) in [4.78, 5) is 21.0. The molecular formula is C21H20FN3O. The van der Waals surface area contributed by atoms with E-state index in [9.17, 15) is 9.18 Å². The number of benzene rings is 1. The molecule has 1 amide bonds. The maximum Gasteiger partial charge on any atom is 0.253 e. The predicted molar refractivity (Wildman–Crippen MR) is 99.2 cm³/mol. The van der Waals surface area contributed by atoms with Crippen LogP contribution in [-0.2, 0) is 0 Å². The van der Waals surface area contributed by atoms with Gasteiger partial charge in [-0.3, -0.25) is 14.8 Å². The van der Waals surface area contributed by atoms with E-state index < -0.39 is 5.82 Å². The SMILES string of the molecule is Cc1ccc(-c2cc(C(=O)NC(C)c3ccc(F)cn3)cnc2C)cc1. The van der Waals surface area contributed by atoms with Crippen molar-refractivity contribution in [2.75, 3.05) is 0 Å². The minimum Gasteiger partial charge on any atom is -0.344 e. The zero-order chi connectivity index (χ0) is 18.7. The highest BCUT2D eigenvalue weighted by Crippen LogP contribution is 2.24. The molecule has 2 aromatic heterocycles. The van der Waals surface area contributed by atoms with E-state index in [1.165, 1.54) is 11.6 Å². The number of nitrogens with zero attached hydrogens (tertiary/aromatic N) is 2. The first-order chi connectivity index (χ1) is 12.4. The minimum absolute atomic E-state index is 0.246. The van der Waals surface area contributed by atoms with Crippen LogP contribution in [-0.4, -0.2) is 15.9 Å². The van der Waals surface area contributed by atoms with Gasteiger partial charge in [0.2, 0.25) is 0 Å². The summed E-state index contributed by atoms with van der Waals surface area (Å²) in [6.07, 6.45) is 2.70. The van der Waals surface area contributed by atoms with E-state index in [-0.39, 0.29) is 11.9 Å². The van der Waals surface area contributed by atoms with Gasteiger partial charge in [-0.05, 0) is 44.5 Å². The van der Waals surface area contributed by atoms with E-state index in [0.29, 0.717) is 11.3 Å². The van der Waals surface area contributed by atoms with Crippen molar-refractivity contribution >= 4 is 5.91 Å². The topological polar surface area (TPSA) is 54.9 Å². The average Bonchev–Trinajstić information content (AvgIpc) is 2.63. The van der Waals surface area contributed by atoms with Crippen molar-refractivity contribution < 1.29 is 9.18 Å². The number of pyridine rings is 2. The van der Waals surface area contributed by atoms with Gasteiger partial charge in [0, 0.05) is 17.5 Å². The minimum atomic E-state index is -0.405. The number of nitrogens with one attached hydrogen (secondary N) is 1. The van der Waals surface area contributed by atoms with Crippen molar-refractivity contribution in [3.05, 3.63) is 83.2 Å². The smallest absolute Gasteiger partial charge is 0.253 e. The van der Waals surface area contributed by atoms with Gasteiger partial charge in [0.15, 0.2) is 0 Å². The van der Waals surface area contributed by atoms with E-state index in [4.69, 9.17) is 0 Å². The third-order valence-electron chi connectivity index (χ3n) is 4.25. The first-order valence-corrected chi connectivity index (χ1v) is 8.40. The van der Waals surface area contributed by atoms with Crippen molar-refractivity contribution in [3.8, 4) is 11.1 Å². The number of hydrogen-bond acceptors (Lipinski definition) is 3. The van der Waals surface area contributed by atoms with Crippen molar-refractivity contribution in [2.24, 2.45) is 0 Å². The Morgan fingerprint density at radius 2 is 1.77 bits per heavy atom. The number of aryl methyl sites for hydroxylation is 2. The molecule has 132 valence electrons. The molecule has 3 rings (SSSR count). The lowest BCUT2D eigenvalue weighted by Gasteiger charge is -2.14. The third-order valence-corrected chi connectivity index (χ3v) is 4.25. The van der Waals surface area contributed by atoms with E-state index in [2.05, 4.69) is 15.3 Å². The summed E-state index contributed by atoms with van der Waals surface area (Å²) in [6.45, 7) is 5.76. The fourth-order valence-electron chi connectivity index (χ4n) is 2.68. The molecule has 0 radical (unpaired) electrons. The van der Waals surface area contributed by atoms with Gasteiger partial charge in [-0.25, -0.2) is 4.39 Å². The quantitative estimate of drug-likeness (QED) is 0.760. The first kappa shape index (κ1) is 17.7. The van der Waals surface area contributed by atoms with Gasteiger partial charge in [0.1, 0.15) is 5.82 Å². The maximum atomic E-state index is 13.0. The Labute approximate surface area is 152 Å². The summed E-state index contributed by atoms with van der Waals surface area (Å²) in [7, 11) is 0. The lowest BCUT2D eigenvalue weighted by molar-refractivity contribution is 0.0939. The predicted octanol–water partition coefficient (Wildman–Crippen LogP) is 4.39. The Bertz CT molecular complexity index is 921. The fourth-order valence-corrected chi connectivity index (χ4v) is 2.68. The van der Waals surface area contributed by atoms with Gasteiger partial charge in [0.05, 0.1) is 23.5 Å². The monoisotopic (exact) mass is 349 g/mol. The Balaban J connectivity index is 1.82. The van der Waals surface area contributed by atoms with Crippen LogP contribution in [0.2, 0.25) is 0 Å². The van der Waals surface area contributed by atoms with Gasteiger partial charge >= 0.3 is 0 Å². The Morgan fingerprint density at radius 1 is 1.04 bits per heavy atom. The van der Waals surface area contributed by atoms with Crippen LogP contribution in [0.25, 0.3) is 11.1 Å². The molecule has 1 atom stereocenters. The van der Waals surface area contributed by atoms with Gasteiger partial charge in [-0.15, -0.1) is 0 Å². The number of aromatic nitrogens is 2. The molecule has 2 heterocycles. The number of carbonyl (C=O) groups is 1. The van der Waals surface area contributed by atoms with Crippen molar-refractivity contribution in [1.82, 2.24) is 15.3 Å². The molecule has 0 aliphatic heterocycles. The Morgan fingerprint density at radius 3 is 2.42 bits per heavy atom. The molecule has 0 spiro atoms. The molecule has 0 aliphatic carbocycles. The lowest BCUT2D eigenvalue weighted by Crippen LogP contribution is -2.27. The zero-order valence-electron chi connectivity index (χ0n) is 15.0. The second-order valence-corrected chi connectivity index (χ2v) is 6.32. The molecule has 1 aromatic carbocycles. The number of carbonyl (C=O) groups excluding carboxylic acids is 1. The molecule has 0 bridgehead atoms. The van der Waals surface area contributed by atoms with E-state index >= 15 is 0 Å². The third kappa shape index (κ3) is 3.94. The van der Waals surface area contributed by atoms with Crippen LogP contribution < -0.4 is 5.32 Å². The molecule has 0 saturated carbocycles. The number of rotatable bonds is 4. The van der Waals surface area contributed by atoms with E-state index in [1.807, 2.05) is 44.2 Å². The molecule has 1 N–H and O–H groups in total. The molecule has 3 aromatic rings. The lowest BCUT2D eigenvalue weighted by atomic mass is 10.0. The molecule has 0 fully saturated rings. The summed E-state index contributed by atoms with van der Waals surface area (Å²) in [5.74, 6) is -0.651. The highest BCUT2D eigenvalue weighted by atomic mass is 19.1. The van der Waals surface area contributed by atoms with Crippen LogP contribution in [0.3, 0.4) is 0 Å². The van der Waals surface area contributed by atoms with Crippen LogP contribution in [0.15, 0.2) is 54.9 Å². The fraction of sp³-hybridized carbons (Fsp3) is 0.190. The van der Waals surface area contributed by atoms with Crippen molar-refractivity contribution in [3.63, 3.8) is 0 Å².